The van der Waals surface area contributed by atoms with E-state index in [9.17, 15) is 0 Å². The quantitative estimate of drug-likeness (QED) is 0.816. The molecule has 2 N–H and O–H groups in total. The summed E-state index contributed by atoms with van der Waals surface area (Å²) in [6, 6.07) is 0. The molecule has 4 aliphatic carbocycles. The molecule has 0 radical (unpaired) electrons. The fourth-order valence-electron chi connectivity index (χ4n) is 5.49. The van der Waals surface area contributed by atoms with E-state index in [0.717, 1.165) is 42.6 Å². The maximum atomic E-state index is 6.65. The van der Waals surface area contributed by atoms with Crippen molar-refractivity contribution in [3.63, 3.8) is 0 Å². The molecule has 4 bridgehead atoms. The average Bonchev–Trinajstić information content (AvgIpc) is 2.24. The van der Waals surface area contributed by atoms with Gasteiger partial charge in [-0.1, -0.05) is 0 Å². The van der Waals surface area contributed by atoms with Crippen LogP contribution < -0.4 is 5.73 Å². The number of hydrogen-bond acceptors (Lipinski definition) is 2. The van der Waals surface area contributed by atoms with E-state index in [-0.39, 0.29) is 5.54 Å². The predicted octanol–water partition coefficient (Wildman–Crippen LogP) is 2.81. The first-order chi connectivity index (χ1) is 8.10. The molecule has 17 heavy (non-hydrogen) atoms. The third-order valence-electron chi connectivity index (χ3n) is 5.83. The number of hydrogen-bond donors (Lipinski definition) is 1. The van der Waals surface area contributed by atoms with E-state index >= 15 is 0 Å². The van der Waals surface area contributed by atoms with Crippen molar-refractivity contribution in [3.05, 3.63) is 0 Å². The number of methoxy groups -OCH3 is 1. The van der Waals surface area contributed by atoms with Gasteiger partial charge in [-0.05, 0) is 75.0 Å². The minimum atomic E-state index is -0.00137. The predicted molar refractivity (Wildman–Crippen MR) is 69.6 cm³/mol. The fraction of sp³-hybridized carbons (Fsp3) is 1.00. The van der Waals surface area contributed by atoms with Crippen LogP contribution in [0.2, 0.25) is 0 Å². The molecule has 4 saturated carbocycles. The summed E-state index contributed by atoms with van der Waals surface area (Å²) >= 11 is 0. The summed E-state index contributed by atoms with van der Waals surface area (Å²) in [5.74, 6) is 4.72. The number of nitrogens with two attached hydrogens (primary N) is 1. The Morgan fingerprint density at radius 2 is 1.59 bits per heavy atom. The zero-order chi connectivity index (χ0) is 12.0. The Balaban J connectivity index is 1.74. The monoisotopic (exact) mass is 237 g/mol. The molecular weight excluding hydrogens is 210 g/mol. The Morgan fingerprint density at radius 3 is 2.06 bits per heavy atom. The second-order valence-electron chi connectivity index (χ2n) is 7.21. The molecule has 0 aromatic heterocycles. The van der Waals surface area contributed by atoms with E-state index in [1.165, 1.54) is 32.1 Å². The minimum absolute atomic E-state index is 0.00137. The molecule has 0 aliphatic heterocycles. The number of ether oxygens (including phenoxy) is 1. The molecule has 4 aliphatic rings. The third-order valence-corrected chi connectivity index (χ3v) is 5.83. The molecule has 98 valence electrons. The second-order valence-corrected chi connectivity index (χ2v) is 7.21. The second kappa shape index (κ2) is 4.24. The van der Waals surface area contributed by atoms with Crippen molar-refractivity contribution in [2.45, 2.75) is 51.0 Å². The van der Waals surface area contributed by atoms with Gasteiger partial charge in [0.05, 0.1) is 0 Å². The number of rotatable bonds is 4. The molecule has 0 saturated heterocycles. The summed E-state index contributed by atoms with van der Waals surface area (Å²) in [5.41, 5.74) is 6.65. The van der Waals surface area contributed by atoms with Crippen LogP contribution in [-0.2, 0) is 4.74 Å². The van der Waals surface area contributed by atoms with E-state index in [0.29, 0.717) is 0 Å². The highest BCUT2D eigenvalue weighted by Crippen LogP contribution is 2.59. The first-order valence-corrected chi connectivity index (χ1v) is 7.38. The van der Waals surface area contributed by atoms with Crippen molar-refractivity contribution < 1.29 is 4.74 Å². The summed E-state index contributed by atoms with van der Waals surface area (Å²) in [5, 5.41) is 0. The minimum Gasteiger partial charge on any atom is -0.385 e. The molecule has 0 aromatic rings. The Bertz CT molecular complexity index is 259. The highest BCUT2D eigenvalue weighted by molar-refractivity contribution is 5.05. The van der Waals surface area contributed by atoms with Crippen molar-refractivity contribution in [1.82, 2.24) is 0 Å². The van der Waals surface area contributed by atoms with Gasteiger partial charge in [-0.3, -0.25) is 0 Å². The molecule has 0 aromatic carbocycles. The van der Waals surface area contributed by atoms with Crippen LogP contribution in [-0.4, -0.2) is 19.3 Å². The first kappa shape index (κ1) is 12.0. The molecule has 1 unspecified atom stereocenters. The van der Waals surface area contributed by atoms with Gasteiger partial charge >= 0.3 is 0 Å². The largest absolute Gasteiger partial charge is 0.385 e. The maximum Gasteiger partial charge on any atom is 0.0479 e. The van der Waals surface area contributed by atoms with Gasteiger partial charge in [0.2, 0.25) is 0 Å². The summed E-state index contributed by atoms with van der Waals surface area (Å²) in [6.45, 7) is 3.09. The normalized spacial score (nSPS) is 47.1. The van der Waals surface area contributed by atoms with Gasteiger partial charge in [0, 0.05) is 19.3 Å². The Hall–Kier alpha value is -0.0800. The summed E-state index contributed by atoms with van der Waals surface area (Å²) in [6.07, 6.45) is 8.43. The zero-order valence-electron chi connectivity index (χ0n) is 11.3. The fourth-order valence-corrected chi connectivity index (χ4v) is 5.49. The van der Waals surface area contributed by atoms with E-state index in [4.69, 9.17) is 10.5 Å². The summed E-state index contributed by atoms with van der Waals surface area (Å²) in [4.78, 5) is 0. The van der Waals surface area contributed by atoms with Gasteiger partial charge in [-0.25, -0.2) is 0 Å². The maximum absolute atomic E-state index is 6.65. The average molecular weight is 237 g/mol. The van der Waals surface area contributed by atoms with Crippen LogP contribution in [0.1, 0.15) is 45.4 Å². The van der Waals surface area contributed by atoms with Crippen molar-refractivity contribution in [2.75, 3.05) is 13.7 Å². The van der Waals surface area contributed by atoms with Crippen LogP contribution in [0.5, 0.6) is 0 Å². The molecule has 4 rings (SSSR count). The lowest BCUT2D eigenvalue weighted by molar-refractivity contribution is -0.0706. The van der Waals surface area contributed by atoms with E-state index in [1.807, 2.05) is 0 Å². The lowest BCUT2D eigenvalue weighted by Crippen LogP contribution is -2.58. The molecular formula is C15H27NO. The van der Waals surface area contributed by atoms with Gasteiger partial charge in [0.25, 0.3) is 0 Å². The SMILES string of the molecule is COCCC(C)(N)C1C2CC3CC(C2)CC1C3. The van der Waals surface area contributed by atoms with Gasteiger partial charge in [0.15, 0.2) is 0 Å². The Labute approximate surface area is 105 Å². The van der Waals surface area contributed by atoms with Gasteiger partial charge in [0.1, 0.15) is 0 Å². The molecule has 1 atom stereocenters. The molecule has 2 nitrogen and oxygen atoms in total. The zero-order valence-corrected chi connectivity index (χ0v) is 11.3. The molecule has 0 spiro atoms. The molecule has 4 fully saturated rings. The van der Waals surface area contributed by atoms with Gasteiger partial charge < -0.3 is 10.5 Å². The summed E-state index contributed by atoms with van der Waals surface area (Å²) < 4.78 is 5.24. The van der Waals surface area contributed by atoms with Crippen molar-refractivity contribution in [3.8, 4) is 0 Å². The molecule has 0 heterocycles. The lowest BCUT2D eigenvalue weighted by atomic mass is 9.48. The van der Waals surface area contributed by atoms with Crippen molar-refractivity contribution >= 4 is 0 Å². The van der Waals surface area contributed by atoms with Crippen LogP contribution in [0.25, 0.3) is 0 Å². The van der Waals surface area contributed by atoms with Crippen molar-refractivity contribution in [2.24, 2.45) is 35.3 Å². The van der Waals surface area contributed by atoms with E-state index < -0.39 is 0 Å². The highest BCUT2D eigenvalue weighted by atomic mass is 16.5. The van der Waals surface area contributed by atoms with Crippen molar-refractivity contribution in [1.29, 1.82) is 0 Å². The Kier molecular flexibility index (Phi) is 2.99. The van der Waals surface area contributed by atoms with E-state index in [1.54, 1.807) is 7.11 Å². The van der Waals surface area contributed by atoms with Crippen LogP contribution in [0.4, 0.5) is 0 Å². The lowest BCUT2D eigenvalue weighted by Gasteiger charge is -2.58. The van der Waals surface area contributed by atoms with Crippen LogP contribution >= 0.6 is 0 Å². The first-order valence-electron chi connectivity index (χ1n) is 7.38. The highest BCUT2D eigenvalue weighted by Gasteiger charge is 2.52. The topological polar surface area (TPSA) is 35.2 Å². The molecule has 0 amide bonds. The van der Waals surface area contributed by atoms with E-state index in [2.05, 4.69) is 6.92 Å². The van der Waals surface area contributed by atoms with Crippen LogP contribution in [0, 0.1) is 29.6 Å². The third kappa shape index (κ3) is 2.04. The van der Waals surface area contributed by atoms with Crippen LogP contribution in [0.3, 0.4) is 0 Å². The molecule has 2 heteroatoms. The summed E-state index contributed by atoms with van der Waals surface area (Å²) in [7, 11) is 1.78. The van der Waals surface area contributed by atoms with Crippen LogP contribution in [0.15, 0.2) is 0 Å². The van der Waals surface area contributed by atoms with Gasteiger partial charge in [-0.15, -0.1) is 0 Å². The standard InChI is InChI=1S/C15H27NO/c1-15(16,3-4-17-2)14-12-6-10-5-11(8-12)9-13(14)7-10/h10-14H,3-9,16H2,1-2H3. The Morgan fingerprint density at radius 1 is 1.06 bits per heavy atom. The smallest absolute Gasteiger partial charge is 0.0479 e. The van der Waals surface area contributed by atoms with Gasteiger partial charge in [-0.2, -0.15) is 0 Å².